The minimum absolute atomic E-state index is 0.0118. The fourth-order valence-corrected chi connectivity index (χ4v) is 4.54. The average molecular weight is 473 g/mol. The second-order valence-corrected chi connectivity index (χ2v) is 8.70. The van der Waals surface area contributed by atoms with Crippen molar-refractivity contribution < 1.29 is 13.9 Å². The lowest BCUT2D eigenvalue weighted by Gasteiger charge is -2.30. The summed E-state index contributed by atoms with van der Waals surface area (Å²) in [5, 5.41) is 12.7. The number of nitrogen functional groups attached to an aromatic ring is 1. The van der Waals surface area contributed by atoms with Gasteiger partial charge in [0.05, 0.1) is 24.0 Å². The summed E-state index contributed by atoms with van der Waals surface area (Å²) < 4.78 is 14.2. The number of rotatable bonds is 6. The van der Waals surface area contributed by atoms with Gasteiger partial charge in [-0.15, -0.1) is 5.10 Å². The number of hydrogen-bond donors (Lipinski definition) is 2. The molecule has 6 rings (SSSR count). The van der Waals surface area contributed by atoms with Gasteiger partial charge >= 0.3 is 0 Å². The zero-order valence-corrected chi connectivity index (χ0v) is 19.1. The second kappa shape index (κ2) is 8.20. The molecule has 3 N–H and O–H groups in total. The molecule has 2 atom stereocenters. The molecule has 0 aliphatic carbocycles. The van der Waals surface area contributed by atoms with E-state index in [2.05, 4.69) is 25.5 Å². The van der Waals surface area contributed by atoms with E-state index < -0.39 is 5.54 Å². The number of nitrogens with zero attached hydrogens (tertiary/aromatic N) is 6. The number of fused-ring (bicyclic) bond motifs is 3. The molecule has 1 aliphatic rings. The summed E-state index contributed by atoms with van der Waals surface area (Å²) in [4.78, 5) is 22.9. The van der Waals surface area contributed by atoms with Crippen LogP contribution in [-0.2, 0) is 15.1 Å². The van der Waals surface area contributed by atoms with E-state index in [0.717, 1.165) is 25.0 Å². The van der Waals surface area contributed by atoms with Crippen molar-refractivity contribution in [1.82, 2.24) is 34.7 Å². The number of amides is 1. The molecule has 1 aliphatic heterocycles. The summed E-state index contributed by atoms with van der Waals surface area (Å²) in [6, 6.07) is 13.0. The Hall–Kier alpha value is -4.25. The number of anilines is 1. The molecule has 1 aromatic carbocycles. The first-order valence-corrected chi connectivity index (χ1v) is 11.5. The average Bonchev–Trinajstić information content (AvgIpc) is 3.68. The maximum atomic E-state index is 13.7. The third-order valence-electron chi connectivity index (χ3n) is 6.49. The number of benzene rings is 1. The number of nitrogens with one attached hydrogen (secondary N) is 1. The van der Waals surface area contributed by atoms with E-state index in [1.165, 1.54) is 4.52 Å². The summed E-state index contributed by atoms with van der Waals surface area (Å²) >= 11 is 0. The van der Waals surface area contributed by atoms with Gasteiger partial charge in [-0.1, -0.05) is 30.3 Å². The molecule has 1 saturated heterocycles. The number of carbonyl (C=O) groups is 1. The Labute approximate surface area is 199 Å². The largest absolute Gasteiger partial charge is 0.461 e. The predicted molar refractivity (Wildman–Crippen MR) is 127 cm³/mol. The number of hydrogen-bond acceptors (Lipinski definition) is 8. The van der Waals surface area contributed by atoms with Gasteiger partial charge in [0.15, 0.2) is 22.6 Å². The topological polar surface area (TPSA) is 138 Å². The molecular weight excluding hydrogens is 448 g/mol. The first-order valence-electron chi connectivity index (χ1n) is 11.5. The van der Waals surface area contributed by atoms with Gasteiger partial charge < -0.3 is 20.2 Å². The summed E-state index contributed by atoms with van der Waals surface area (Å²) in [5.41, 5.74) is 6.72. The minimum Gasteiger partial charge on any atom is -0.461 e. The van der Waals surface area contributed by atoms with Crippen molar-refractivity contribution in [2.24, 2.45) is 0 Å². The van der Waals surface area contributed by atoms with Gasteiger partial charge in [0.25, 0.3) is 5.91 Å². The van der Waals surface area contributed by atoms with Crippen LogP contribution in [-0.4, -0.2) is 54.5 Å². The van der Waals surface area contributed by atoms with Crippen LogP contribution in [0.25, 0.3) is 28.3 Å². The van der Waals surface area contributed by atoms with Crippen LogP contribution in [0.5, 0.6) is 0 Å². The van der Waals surface area contributed by atoms with E-state index in [0.29, 0.717) is 34.8 Å². The third kappa shape index (κ3) is 3.43. The first kappa shape index (κ1) is 21.3. The zero-order valence-electron chi connectivity index (χ0n) is 19.1. The van der Waals surface area contributed by atoms with Crippen molar-refractivity contribution in [3.8, 4) is 11.6 Å². The number of ether oxygens (including phenoxy) is 1. The van der Waals surface area contributed by atoms with Crippen molar-refractivity contribution in [2.45, 2.75) is 31.4 Å². The quantitative estimate of drug-likeness (QED) is 0.384. The van der Waals surface area contributed by atoms with Crippen LogP contribution in [0.1, 0.15) is 25.3 Å². The van der Waals surface area contributed by atoms with E-state index in [-0.39, 0.29) is 18.0 Å². The molecule has 1 amide bonds. The molecule has 0 spiro atoms. The van der Waals surface area contributed by atoms with Crippen LogP contribution >= 0.6 is 0 Å². The highest BCUT2D eigenvalue weighted by Crippen LogP contribution is 2.31. The summed E-state index contributed by atoms with van der Waals surface area (Å²) in [5.74, 6) is 0.789. The van der Waals surface area contributed by atoms with E-state index >= 15 is 0 Å². The minimum atomic E-state index is -1.21. The molecule has 11 nitrogen and oxygen atoms in total. The summed E-state index contributed by atoms with van der Waals surface area (Å²) in [7, 11) is 0. The zero-order chi connectivity index (χ0) is 24.0. The molecule has 11 heteroatoms. The Morgan fingerprint density at radius 1 is 1.20 bits per heavy atom. The van der Waals surface area contributed by atoms with E-state index in [1.54, 1.807) is 29.3 Å². The predicted octanol–water partition coefficient (Wildman–Crippen LogP) is 2.37. The standard InChI is InChI=1S/C24H24N8O3/c1-24(15-7-3-2-4-8-15,22(33)26-13-16-9-5-11-34-16)32-21-17(14-27-32)20-28-19(18-10-6-12-35-18)30-31(20)23(25)29-21/h2-4,6-8,10,12,14,16H,5,9,11,13H2,1H3,(H2,25,29)(H,26,33)/t16-,24?/m0/s1. The smallest absolute Gasteiger partial charge is 0.252 e. The lowest BCUT2D eigenvalue weighted by Crippen LogP contribution is -2.49. The van der Waals surface area contributed by atoms with Gasteiger partial charge in [-0.3, -0.25) is 4.79 Å². The van der Waals surface area contributed by atoms with Gasteiger partial charge in [0, 0.05) is 13.2 Å². The lowest BCUT2D eigenvalue weighted by molar-refractivity contribution is -0.128. The highest BCUT2D eigenvalue weighted by atomic mass is 16.5. The van der Waals surface area contributed by atoms with Crippen LogP contribution in [0, 0.1) is 0 Å². The van der Waals surface area contributed by atoms with E-state index in [1.807, 2.05) is 37.3 Å². The molecule has 0 saturated carbocycles. The highest BCUT2D eigenvalue weighted by Gasteiger charge is 2.40. The molecule has 4 aromatic heterocycles. The Kier molecular flexibility index (Phi) is 4.99. The van der Waals surface area contributed by atoms with Crippen LogP contribution in [0.3, 0.4) is 0 Å². The van der Waals surface area contributed by atoms with Gasteiger partial charge in [0.1, 0.15) is 0 Å². The molecule has 1 fully saturated rings. The Balaban J connectivity index is 1.48. The van der Waals surface area contributed by atoms with Crippen LogP contribution < -0.4 is 11.1 Å². The van der Waals surface area contributed by atoms with Crippen molar-refractivity contribution in [1.29, 1.82) is 0 Å². The molecule has 35 heavy (non-hydrogen) atoms. The highest BCUT2D eigenvalue weighted by molar-refractivity contribution is 5.94. The maximum absolute atomic E-state index is 13.7. The lowest BCUT2D eigenvalue weighted by atomic mass is 9.91. The van der Waals surface area contributed by atoms with Crippen molar-refractivity contribution >= 4 is 28.5 Å². The molecule has 178 valence electrons. The Bertz CT molecular complexity index is 1500. The molecule has 0 radical (unpaired) electrons. The number of aromatic nitrogens is 6. The SMILES string of the molecule is CC(C(=O)NC[C@@H]1CCCO1)(c1ccccc1)n1ncc2c1nc(N)n1nc(-c3ccco3)nc21. The monoisotopic (exact) mass is 472 g/mol. The Morgan fingerprint density at radius 2 is 2.06 bits per heavy atom. The maximum Gasteiger partial charge on any atom is 0.252 e. The van der Waals surface area contributed by atoms with Crippen molar-refractivity contribution in [2.75, 3.05) is 18.9 Å². The molecule has 5 aromatic rings. The van der Waals surface area contributed by atoms with Crippen molar-refractivity contribution in [3.05, 3.63) is 60.5 Å². The van der Waals surface area contributed by atoms with Gasteiger partial charge in [-0.05, 0) is 37.5 Å². The van der Waals surface area contributed by atoms with E-state index in [9.17, 15) is 4.79 Å². The molecule has 1 unspecified atom stereocenters. The van der Waals surface area contributed by atoms with Crippen LogP contribution in [0.2, 0.25) is 0 Å². The first-order chi connectivity index (χ1) is 17.1. The van der Waals surface area contributed by atoms with Gasteiger partial charge in [-0.2, -0.15) is 14.6 Å². The Morgan fingerprint density at radius 3 is 2.80 bits per heavy atom. The molecule has 5 heterocycles. The van der Waals surface area contributed by atoms with E-state index in [4.69, 9.17) is 14.9 Å². The molecular formula is C24H24N8O3. The molecule has 0 bridgehead atoms. The summed E-state index contributed by atoms with van der Waals surface area (Å²) in [6.45, 7) is 2.97. The van der Waals surface area contributed by atoms with Crippen molar-refractivity contribution in [3.63, 3.8) is 0 Å². The fourth-order valence-electron chi connectivity index (χ4n) is 4.54. The number of furan rings is 1. The van der Waals surface area contributed by atoms with Crippen LogP contribution in [0.4, 0.5) is 5.95 Å². The number of nitrogens with two attached hydrogens (primary N) is 1. The van der Waals surface area contributed by atoms with Gasteiger partial charge in [-0.25, -0.2) is 9.67 Å². The second-order valence-electron chi connectivity index (χ2n) is 8.70. The van der Waals surface area contributed by atoms with Crippen LogP contribution in [0.15, 0.2) is 59.3 Å². The number of carbonyl (C=O) groups excluding carboxylic acids is 1. The fraction of sp³-hybridized carbons (Fsp3) is 0.292. The van der Waals surface area contributed by atoms with Gasteiger partial charge in [0.2, 0.25) is 11.8 Å². The normalized spacial score (nSPS) is 17.7. The third-order valence-corrected chi connectivity index (χ3v) is 6.49. The summed E-state index contributed by atoms with van der Waals surface area (Å²) in [6.07, 6.45) is 5.12.